The van der Waals surface area contributed by atoms with Crippen molar-refractivity contribution in [3.63, 3.8) is 0 Å². The molecule has 1 aromatic carbocycles. The summed E-state index contributed by atoms with van der Waals surface area (Å²) in [6.07, 6.45) is 0. The summed E-state index contributed by atoms with van der Waals surface area (Å²) < 4.78 is 1.08. The first kappa shape index (κ1) is 9.45. The number of amides is 1. The molecule has 2 aromatic rings. The minimum Gasteiger partial charge on any atom is -0.354 e. The van der Waals surface area contributed by atoms with Crippen molar-refractivity contribution in [3.8, 4) is 0 Å². The van der Waals surface area contributed by atoms with E-state index in [0.717, 1.165) is 14.5 Å². The average molecular weight is 301 g/mol. The molecule has 0 saturated carbocycles. The topological polar surface area (TPSA) is 57.8 Å². The van der Waals surface area contributed by atoms with Gasteiger partial charge in [0.2, 0.25) is 0 Å². The van der Waals surface area contributed by atoms with Gasteiger partial charge in [-0.15, -0.1) is 0 Å². The summed E-state index contributed by atoms with van der Waals surface area (Å²) in [5.41, 5.74) is 1.32. The van der Waals surface area contributed by atoms with Gasteiger partial charge in [-0.1, -0.05) is 0 Å². The number of benzene rings is 1. The molecule has 0 spiro atoms. The minimum absolute atomic E-state index is 0.168. The second-order valence-corrected chi connectivity index (χ2v) is 4.09. The molecule has 0 radical (unpaired) electrons. The second-order valence-electron chi connectivity index (χ2n) is 2.84. The highest BCUT2D eigenvalue weighted by Crippen LogP contribution is 2.18. The Labute approximate surface area is 94.2 Å². The van der Waals surface area contributed by atoms with E-state index in [9.17, 15) is 4.79 Å². The summed E-state index contributed by atoms with van der Waals surface area (Å²) in [6.45, 7) is 0. The molecule has 0 aliphatic carbocycles. The number of H-pyrrole nitrogens is 1. The Morgan fingerprint density at radius 2 is 2.36 bits per heavy atom. The van der Waals surface area contributed by atoms with E-state index in [2.05, 4.69) is 38.1 Å². The summed E-state index contributed by atoms with van der Waals surface area (Å²) in [5.74, 6) is -0.168. The van der Waals surface area contributed by atoms with E-state index in [1.165, 1.54) is 0 Å². The zero-order valence-electron chi connectivity index (χ0n) is 7.47. The highest BCUT2D eigenvalue weighted by molar-refractivity contribution is 14.1. The number of hydrogen-bond donors (Lipinski definition) is 2. The van der Waals surface area contributed by atoms with Crippen LogP contribution in [-0.2, 0) is 0 Å². The molecule has 4 nitrogen and oxygen atoms in total. The van der Waals surface area contributed by atoms with Gasteiger partial charge in [-0.2, -0.15) is 5.10 Å². The second kappa shape index (κ2) is 3.56. The highest BCUT2D eigenvalue weighted by atomic mass is 127. The molecule has 0 aliphatic heterocycles. The number of carbonyl (C=O) groups excluding carboxylic acids is 1. The maximum Gasteiger partial charge on any atom is 0.272 e. The number of hydrogen-bond acceptors (Lipinski definition) is 2. The quantitative estimate of drug-likeness (QED) is 0.785. The lowest BCUT2D eigenvalue weighted by atomic mass is 10.2. The maximum absolute atomic E-state index is 11.4. The normalized spacial score (nSPS) is 10.4. The first-order valence-corrected chi connectivity index (χ1v) is 5.16. The molecule has 0 bridgehead atoms. The van der Waals surface area contributed by atoms with Crippen molar-refractivity contribution >= 4 is 39.4 Å². The summed E-state index contributed by atoms with van der Waals surface area (Å²) in [4.78, 5) is 11.4. The third-order valence-electron chi connectivity index (χ3n) is 1.97. The van der Waals surface area contributed by atoms with Crippen molar-refractivity contribution < 1.29 is 4.79 Å². The van der Waals surface area contributed by atoms with Gasteiger partial charge in [0.15, 0.2) is 5.69 Å². The molecule has 0 unspecified atom stereocenters. The molecule has 1 heterocycles. The van der Waals surface area contributed by atoms with Gasteiger partial charge < -0.3 is 5.32 Å². The molecule has 1 amide bonds. The van der Waals surface area contributed by atoms with Gasteiger partial charge in [0, 0.05) is 16.0 Å². The zero-order chi connectivity index (χ0) is 10.1. The average Bonchev–Trinajstić information content (AvgIpc) is 2.59. The minimum atomic E-state index is -0.168. The molecule has 1 aromatic heterocycles. The van der Waals surface area contributed by atoms with Crippen LogP contribution in [0.4, 0.5) is 0 Å². The Kier molecular flexibility index (Phi) is 2.40. The van der Waals surface area contributed by atoms with Crippen molar-refractivity contribution in [1.29, 1.82) is 0 Å². The molecular weight excluding hydrogens is 293 g/mol. The Morgan fingerprint density at radius 3 is 3.07 bits per heavy atom. The fraction of sp³-hybridized carbons (Fsp3) is 0.111. The molecule has 2 N–H and O–H groups in total. The molecule has 0 aliphatic rings. The molecule has 72 valence electrons. The van der Waals surface area contributed by atoms with E-state index in [-0.39, 0.29) is 5.91 Å². The summed E-state index contributed by atoms with van der Waals surface area (Å²) in [7, 11) is 1.59. The summed E-state index contributed by atoms with van der Waals surface area (Å²) in [5, 5.41) is 10.2. The number of nitrogens with zero attached hydrogens (tertiary/aromatic N) is 1. The predicted molar refractivity (Wildman–Crippen MR) is 62.2 cm³/mol. The first-order chi connectivity index (χ1) is 6.72. The standard InChI is InChI=1S/C9H8IN3O/c1-11-9(14)8-6-4-5(10)2-3-7(6)12-13-8/h2-4H,1H3,(H,11,14)(H,12,13). The predicted octanol–water partition coefficient (Wildman–Crippen LogP) is 1.53. The Balaban J connectivity index is 2.67. The van der Waals surface area contributed by atoms with Gasteiger partial charge in [0.1, 0.15) is 0 Å². The number of halogens is 1. The molecule has 5 heteroatoms. The van der Waals surface area contributed by atoms with E-state index < -0.39 is 0 Å². The Bertz CT molecular complexity index is 492. The fourth-order valence-electron chi connectivity index (χ4n) is 1.28. The fourth-order valence-corrected chi connectivity index (χ4v) is 1.77. The van der Waals surface area contributed by atoms with Crippen LogP contribution in [0.1, 0.15) is 10.5 Å². The van der Waals surface area contributed by atoms with E-state index in [1.807, 2.05) is 18.2 Å². The molecule has 0 fully saturated rings. The molecular formula is C9H8IN3O. The number of nitrogens with one attached hydrogen (secondary N) is 2. The largest absolute Gasteiger partial charge is 0.354 e. The van der Waals surface area contributed by atoms with Crippen molar-refractivity contribution in [1.82, 2.24) is 15.5 Å². The molecule has 0 atom stereocenters. The summed E-state index contributed by atoms with van der Waals surface area (Å²) >= 11 is 2.20. The van der Waals surface area contributed by atoms with Crippen LogP contribution in [-0.4, -0.2) is 23.2 Å². The van der Waals surface area contributed by atoms with Gasteiger partial charge in [-0.05, 0) is 40.8 Å². The van der Waals surface area contributed by atoms with Gasteiger partial charge >= 0.3 is 0 Å². The van der Waals surface area contributed by atoms with Crippen molar-refractivity contribution in [2.75, 3.05) is 7.05 Å². The SMILES string of the molecule is CNC(=O)c1n[nH]c2ccc(I)cc12. The van der Waals surface area contributed by atoms with Crippen LogP contribution >= 0.6 is 22.6 Å². The van der Waals surface area contributed by atoms with Crippen LogP contribution in [0.5, 0.6) is 0 Å². The van der Waals surface area contributed by atoms with E-state index in [1.54, 1.807) is 7.05 Å². The van der Waals surface area contributed by atoms with Crippen molar-refractivity contribution in [3.05, 3.63) is 27.5 Å². The highest BCUT2D eigenvalue weighted by Gasteiger charge is 2.12. The summed E-state index contributed by atoms with van der Waals surface area (Å²) in [6, 6.07) is 5.81. The third kappa shape index (κ3) is 1.47. The Hall–Kier alpha value is -1.11. The maximum atomic E-state index is 11.4. The first-order valence-electron chi connectivity index (χ1n) is 4.08. The zero-order valence-corrected chi connectivity index (χ0v) is 9.62. The smallest absolute Gasteiger partial charge is 0.272 e. The van der Waals surface area contributed by atoms with Gasteiger partial charge in [-0.25, -0.2) is 0 Å². The number of aromatic nitrogens is 2. The van der Waals surface area contributed by atoms with Crippen LogP contribution in [0, 0.1) is 3.57 Å². The molecule has 14 heavy (non-hydrogen) atoms. The Morgan fingerprint density at radius 1 is 1.57 bits per heavy atom. The lowest BCUT2D eigenvalue weighted by Crippen LogP contribution is -2.18. The monoisotopic (exact) mass is 301 g/mol. The third-order valence-corrected chi connectivity index (χ3v) is 2.64. The van der Waals surface area contributed by atoms with Crippen LogP contribution in [0.15, 0.2) is 18.2 Å². The number of fused-ring (bicyclic) bond motifs is 1. The van der Waals surface area contributed by atoms with E-state index in [0.29, 0.717) is 5.69 Å². The lowest BCUT2D eigenvalue weighted by Gasteiger charge is -1.95. The van der Waals surface area contributed by atoms with Crippen molar-refractivity contribution in [2.45, 2.75) is 0 Å². The van der Waals surface area contributed by atoms with Gasteiger partial charge in [0.25, 0.3) is 5.91 Å². The van der Waals surface area contributed by atoms with Crippen molar-refractivity contribution in [2.24, 2.45) is 0 Å². The molecule has 2 rings (SSSR count). The van der Waals surface area contributed by atoms with Crippen LogP contribution in [0.3, 0.4) is 0 Å². The van der Waals surface area contributed by atoms with E-state index in [4.69, 9.17) is 0 Å². The van der Waals surface area contributed by atoms with Crippen LogP contribution in [0.25, 0.3) is 10.9 Å². The number of rotatable bonds is 1. The van der Waals surface area contributed by atoms with Crippen LogP contribution < -0.4 is 5.32 Å². The van der Waals surface area contributed by atoms with Crippen LogP contribution in [0.2, 0.25) is 0 Å². The van der Waals surface area contributed by atoms with Gasteiger partial charge in [0.05, 0.1) is 5.52 Å². The lowest BCUT2D eigenvalue weighted by molar-refractivity contribution is 0.0959. The van der Waals surface area contributed by atoms with Gasteiger partial charge in [-0.3, -0.25) is 9.89 Å². The number of aromatic amines is 1. The van der Waals surface area contributed by atoms with E-state index >= 15 is 0 Å². The molecule has 0 saturated heterocycles. The number of carbonyl (C=O) groups is 1.